The van der Waals surface area contributed by atoms with Gasteiger partial charge in [0, 0.05) is 17.6 Å². The largest absolute Gasteiger partial charge is 0.481 e. The Kier molecular flexibility index (Phi) is 7.46. The molecule has 0 unspecified atom stereocenters. The van der Waals surface area contributed by atoms with Crippen molar-refractivity contribution in [3.8, 4) is 0 Å². The average Bonchev–Trinajstić information content (AvgIpc) is 2.08. The number of thioether (sulfide) groups is 1. The minimum atomic E-state index is -0.821. The summed E-state index contributed by atoms with van der Waals surface area (Å²) >= 11 is 1.24. The molecule has 5 heteroatoms. The number of carboxylic acid groups (broad SMARTS) is 1. The number of rotatable bonds is 7. The highest BCUT2D eigenvalue weighted by Crippen LogP contribution is 2.26. The molecule has 0 bridgehead atoms. The van der Waals surface area contributed by atoms with Crippen LogP contribution in [0, 0.1) is 0 Å². The average molecular weight is 262 g/mol. The Labute approximate surface area is 107 Å². The second-order valence-electron chi connectivity index (χ2n) is 5.08. The van der Waals surface area contributed by atoms with Crippen molar-refractivity contribution in [3.63, 3.8) is 0 Å². The van der Waals surface area contributed by atoms with E-state index in [1.165, 1.54) is 11.8 Å². The van der Waals surface area contributed by atoms with Gasteiger partial charge in [0.25, 0.3) is 0 Å². The first-order valence-corrected chi connectivity index (χ1v) is 6.64. The molecule has 1 atom stereocenters. The van der Waals surface area contributed by atoms with Gasteiger partial charge in [-0.15, -0.1) is 0 Å². The Balaban J connectivity index is 3.68. The van der Waals surface area contributed by atoms with E-state index in [1.54, 1.807) is 0 Å². The molecule has 17 heavy (non-hydrogen) atoms. The lowest BCUT2D eigenvalue weighted by Crippen LogP contribution is -2.17. The Hall–Kier alpha value is -0.550. The van der Waals surface area contributed by atoms with Crippen molar-refractivity contribution in [1.29, 1.82) is 0 Å². The molecule has 0 aliphatic heterocycles. The lowest BCUT2D eigenvalue weighted by atomic mass is 10.1. The van der Waals surface area contributed by atoms with Gasteiger partial charge >= 0.3 is 5.97 Å². The van der Waals surface area contributed by atoms with E-state index in [4.69, 9.17) is 5.11 Å². The van der Waals surface area contributed by atoms with E-state index in [1.807, 2.05) is 20.8 Å². The second-order valence-corrected chi connectivity index (χ2v) is 6.97. The van der Waals surface area contributed by atoms with E-state index < -0.39 is 12.1 Å². The highest BCUT2D eigenvalue weighted by molar-refractivity contribution is 8.14. The van der Waals surface area contributed by atoms with Crippen LogP contribution in [0.1, 0.15) is 52.9 Å². The van der Waals surface area contributed by atoms with Gasteiger partial charge in [-0.2, -0.15) is 0 Å². The van der Waals surface area contributed by atoms with Crippen LogP contribution in [0.4, 0.5) is 0 Å². The minimum absolute atomic E-state index is 0.0109. The highest BCUT2D eigenvalue weighted by atomic mass is 32.2. The highest BCUT2D eigenvalue weighted by Gasteiger charge is 2.19. The molecule has 0 saturated heterocycles. The van der Waals surface area contributed by atoms with Crippen LogP contribution >= 0.6 is 11.8 Å². The first-order chi connectivity index (χ1) is 7.70. The number of aliphatic carboxylic acids is 1. The molecule has 0 rings (SSSR count). The minimum Gasteiger partial charge on any atom is -0.481 e. The van der Waals surface area contributed by atoms with Gasteiger partial charge in [-0.3, -0.25) is 9.59 Å². The van der Waals surface area contributed by atoms with Gasteiger partial charge in [0.15, 0.2) is 5.12 Å². The van der Waals surface area contributed by atoms with Crippen molar-refractivity contribution in [1.82, 2.24) is 0 Å². The van der Waals surface area contributed by atoms with Gasteiger partial charge in [-0.25, -0.2) is 0 Å². The van der Waals surface area contributed by atoms with Gasteiger partial charge < -0.3 is 10.2 Å². The molecule has 0 aromatic carbocycles. The van der Waals surface area contributed by atoms with Gasteiger partial charge in [0.1, 0.15) is 0 Å². The zero-order chi connectivity index (χ0) is 13.5. The summed E-state index contributed by atoms with van der Waals surface area (Å²) in [6, 6.07) is 0. The van der Waals surface area contributed by atoms with Crippen molar-refractivity contribution >= 4 is 22.8 Å². The lowest BCUT2D eigenvalue weighted by Gasteiger charge is -2.17. The number of hydrogen-bond acceptors (Lipinski definition) is 4. The Morgan fingerprint density at radius 3 is 2.29 bits per heavy atom. The number of aliphatic hydroxyl groups excluding tert-OH is 1. The summed E-state index contributed by atoms with van der Waals surface area (Å²) in [7, 11) is 0. The summed E-state index contributed by atoms with van der Waals surface area (Å²) in [5, 5.41) is 18.0. The zero-order valence-electron chi connectivity index (χ0n) is 10.7. The molecule has 0 amide bonds. The van der Waals surface area contributed by atoms with Crippen molar-refractivity contribution in [2.75, 3.05) is 0 Å². The number of carboxylic acids is 1. The molecule has 100 valence electrons. The molecule has 0 saturated carbocycles. The van der Waals surface area contributed by atoms with Crippen LogP contribution in [0.3, 0.4) is 0 Å². The van der Waals surface area contributed by atoms with Crippen LogP contribution in [-0.4, -0.2) is 32.1 Å². The van der Waals surface area contributed by atoms with Crippen LogP contribution in [0.25, 0.3) is 0 Å². The third-order valence-corrected chi connectivity index (χ3v) is 3.01. The number of unbranched alkanes of at least 4 members (excludes halogenated alkanes) is 1. The molecule has 2 N–H and O–H groups in total. The Bertz CT molecular complexity index is 258. The molecule has 0 radical (unpaired) electrons. The summed E-state index contributed by atoms with van der Waals surface area (Å²) in [6.45, 7) is 5.86. The lowest BCUT2D eigenvalue weighted by molar-refractivity contribution is -0.137. The molecule has 0 heterocycles. The first kappa shape index (κ1) is 16.4. The normalized spacial score (nSPS) is 13.4. The molecule has 0 aromatic heterocycles. The maximum atomic E-state index is 11.5. The smallest absolute Gasteiger partial charge is 0.303 e. The summed E-state index contributed by atoms with van der Waals surface area (Å²) in [6.07, 6.45) is 1.30. The second kappa shape index (κ2) is 7.71. The standard InChI is InChI=1S/C12H22O4S/c1-12(2,3)17-11(16)8-9(13)6-4-5-7-10(14)15/h9,13H,4-8H2,1-3H3,(H,14,15)/t9-/m0/s1. The number of carbonyl (C=O) groups excluding carboxylic acids is 1. The number of carbonyl (C=O) groups is 2. The maximum Gasteiger partial charge on any atom is 0.303 e. The molecule has 4 nitrogen and oxygen atoms in total. The van der Waals surface area contributed by atoms with E-state index in [-0.39, 0.29) is 22.7 Å². The van der Waals surface area contributed by atoms with Crippen LogP contribution < -0.4 is 0 Å². The van der Waals surface area contributed by atoms with Crippen molar-refractivity contribution in [3.05, 3.63) is 0 Å². The van der Waals surface area contributed by atoms with E-state index in [0.29, 0.717) is 19.3 Å². The van der Waals surface area contributed by atoms with Crippen LogP contribution in [0.15, 0.2) is 0 Å². The number of hydrogen-bond donors (Lipinski definition) is 2. The third-order valence-electron chi connectivity index (χ3n) is 2.00. The summed E-state index contributed by atoms with van der Waals surface area (Å²) < 4.78 is -0.125. The van der Waals surface area contributed by atoms with Crippen molar-refractivity contribution < 1.29 is 19.8 Å². The van der Waals surface area contributed by atoms with Crippen LogP contribution in [-0.2, 0) is 9.59 Å². The summed E-state index contributed by atoms with van der Waals surface area (Å²) in [5.74, 6) is -0.821. The fourth-order valence-electron chi connectivity index (χ4n) is 1.33. The zero-order valence-corrected chi connectivity index (χ0v) is 11.5. The fourth-order valence-corrected chi connectivity index (χ4v) is 2.29. The molecular weight excluding hydrogens is 240 g/mol. The molecule has 0 aliphatic carbocycles. The third kappa shape index (κ3) is 11.7. The predicted molar refractivity (Wildman–Crippen MR) is 69.1 cm³/mol. The quantitative estimate of drug-likeness (QED) is 0.689. The number of aliphatic hydroxyl groups is 1. The maximum absolute atomic E-state index is 11.5. The van der Waals surface area contributed by atoms with E-state index in [9.17, 15) is 14.7 Å². The van der Waals surface area contributed by atoms with Gasteiger partial charge in [0.05, 0.1) is 6.10 Å². The van der Waals surface area contributed by atoms with Gasteiger partial charge in [0.2, 0.25) is 0 Å². The fraction of sp³-hybridized carbons (Fsp3) is 0.833. The summed E-state index contributed by atoms with van der Waals surface area (Å²) in [5.41, 5.74) is 0. The summed E-state index contributed by atoms with van der Waals surface area (Å²) in [4.78, 5) is 21.8. The first-order valence-electron chi connectivity index (χ1n) is 5.82. The van der Waals surface area contributed by atoms with Crippen molar-refractivity contribution in [2.24, 2.45) is 0 Å². The van der Waals surface area contributed by atoms with Gasteiger partial charge in [-0.1, -0.05) is 39.0 Å². The van der Waals surface area contributed by atoms with Crippen LogP contribution in [0.5, 0.6) is 0 Å². The van der Waals surface area contributed by atoms with E-state index in [0.717, 1.165) is 0 Å². The van der Waals surface area contributed by atoms with Gasteiger partial charge in [-0.05, 0) is 12.8 Å². The van der Waals surface area contributed by atoms with E-state index >= 15 is 0 Å². The molecule has 0 aromatic rings. The van der Waals surface area contributed by atoms with Crippen LogP contribution in [0.2, 0.25) is 0 Å². The monoisotopic (exact) mass is 262 g/mol. The predicted octanol–water partition coefficient (Wildman–Crippen LogP) is 2.44. The molecule has 0 spiro atoms. The topological polar surface area (TPSA) is 74.6 Å². The van der Waals surface area contributed by atoms with Crippen molar-refractivity contribution in [2.45, 2.75) is 63.7 Å². The Morgan fingerprint density at radius 2 is 1.82 bits per heavy atom. The Morgan fingerprint density at radius 1 is 1.24 bits per heavy atom. The van der Waals surface area contributed by atoms with E-state index in [2.05, 4.69) is 0 Å². The molecule has 0 fully saturated rings. The SMILES string of the molecule is CC(C)(C)SC(=O)C[C@@H](O)CCCCC(=O)O. The molecular formula is C12H22O4S. The molecule has 0 aliphatic rings.